The first-order chi connectivity index (χ1) is 12.1. The monoisotopic (exact) mass is 347 g/mol. The zero-order valence-electron chi connectivity index (χ0n) is 15.2. The number of carbonyl (C=O) groups is 2. The summed E-state index contributed by atoms with van der Waals surface area (Å²) in [5.74, 6) is 0.875. The summed E-state index contributed by atoms with van der Waals surface area (Å²) >= 11 is 0. The number of amides is 3. The van der Waals surface area contributed by atoms with Crippen molar-refractivity contribution in [2.45, 2.75) is 38.6 Å². The van der Waals surface area contributed by atoms with E-state index in [0.29, 0.717) is 26.2 Å². The number of urea groups is 1. The minimum absolute atomic E-state index is 0.0438. The van der Waals surface area contributed by atoms with Gasteiger partial charge in [0.2, 0.25) is 5.91 Å². The summed E-state index contributed by atoms with van der Waals surface area (Å²) in [5, 5.41) is 2.92. The minimum atomic E-state index is -0.334. The van der Waals surface area contributed by atoms with Gasteiger partial charge < -0.3 is 19.9 Å². The van der Waals surface area contributed by atoms with E-state index in [2.05, 4.69) is 12.2 Å². The summed E-state index contributed by atoms with van der Waals surface area (Å²) in [6.07, 6.45) is 3.41. The van der Waals surface area contributed by atoms with E-state index >= 15 is 0 Å². The van der Waals surface area contributed by atoms with E-state index in [1.807, 2.05) is 30.3 Å². The first-order valence-electron chi connectivity index (χ1n) is 9.10. The van der Waals surface area contributed by atoms with Crippen molar-refractivity contribution in [3.8, 4) is 5.75 Å². The normalized spacial score (nSPS) is 17.5. The highest BCUT2D eigenvalue weighted by Crippen LogP contribution is 2.16. The summed E-state index contributed by atoms with van der Waals surface area (Å²) in [5.41, 5.74) is 0. The lowest BCUT2D eigenvalue weighted by Gasteiger charge is -2.39. The van der Waals surface area contributed by atoms with Gasteiger partial charge in [-0.15, -0.1) is 0 Å². The molecule has 0 aliphatic carbocycles. The van der Waals surface area contributed by atoms with Crippen molar-refractivity contribution in [1.29, 1.82) is 0 Å². The molecule has 1 N–H and O–H groups in total. The zero-order valence-corrected chi connectivity index (χ0v) is 15.2. The van der Waals surface area contributed by atoms with Gasteiger partial charge in [0, 0.05) is 26.7 Å². The number of para-hydroxylation sites is 1. The Labute approximate surface area is 150 Å². The van der Waals surface area contributed by atoms with E-state index in [1.54, 1.807) is 16.8 Å². The summed E-state index contributed by atoms with van der Waals surface area (Å²) in [6.45, 7) is 4.35. The SMILES string of the molecule is CCCC[C@@H]1C(=O)N(C)CCN1C(=O)NCCCOc1ccccc1. The molecule has 1 saturated heterocycles. The van der Waals surface area contributed by atoms with Gasteiger partial charge in [-0.25, -0.2) is 4.79 Å². The molecule has 1 fully saturated rings. The van der Waals surface area contributed by atoms with Crippen molar-refractivity contribution >= 4 is 11.9 Å². The molecular weight excluding hydrogens is 318 g/mol. The van der Waals surface area contributed by atoms with E-state index in [0.717, 1.165) is 31.4 Å². The lowest BCUT2D eigenvalue weighted by molar-refractivity contribution is -0.138. The molecule has 1 aromatic rings. The molecule has 0 bridgehead atoms. The van der Waals surface area contributed by atoms with Gasteiger partial charge in [0.15, 0.2) is 0 Å². The molecule has 6 nitrogen and oxygen atoms in total. The number of rotatable bonds is 8. The molecule has 0 saturated carbocycles. The molecule has 138 valence electrons. The molecule has 0 spiro atoms. The van der Waals surface area contributed by atoms with Crippen molar-refractivity contribution in [2.24, 2.45) is 0 Å². The van der Waals surface area contributed by atoms with Crippen LogP contribution in [0.5, 0.6) is 5.75 Å². The third-order valence-electron chi connectivity index (χ3n) is 4.42. The van der Waals surface area contributed by atoms with Crippen LogP contribution in [0.4, 0.5) is 4.79 Å². The fourth-order valence-electron chi connectivity index (χ4n) is 2.91. The summed E-state index contributed by atoms with van der Waals surface area (Å²) < 4.78 is 5.61. The lowest BCUT2D eigenvalue weighted by Crippen LogP contribution is -2.59. The Bertz CT molecular complexity index is 550. The Morgan fingerprint density at radius 2 is 2.00 bits per heavy atom. The van der Waals surface area contributed by atoms with Gasteiger partial charge in [-0.1, -0.05) is 38.0 Å². The van der Waals surface area contributed by atoms with Crippen LogP contribution in [0.25, 0.3) is 0 Å². The molecule has 25 heavy (non-hydrogen) atoms. The van der Waals surface area contributed by atoms with Gasteiger partial charge in [0.25, 0.3) is 0 Å². The number of carbonyl (C=O) groups excluding carboxylic acids is 2. The van der Waals surface area contributed by atoms with Crippen LogP contribution in [0.3, 0.4) is 0 Å². The minimum Gasteiger partial charge on any atom is -0.494 e. The zero-order chi connectivity index (χ0) is 18.1. The Hall–Kier alpha value is -2.24. The fourth-order valence-corrected chi connectivity index (χ4v) is 2.91. The van der Waals surface area contributed by atoms with Crippen LogP contribution in [0.2, 0.25) is 0 Å². The van der Waals surface area contributed by atoms with Crippen molar-refractivity contribution < 1.29 is 14.3 Å². The van der Waals surface area contributed by atoms with Gasteiger partial charge in [-0.3, -0.25) is 4.79 Å². The fraction of sp³-hybridized carbons (Fsp3) is 0.579. The number of piperazine rings is 1. The predicted octanol–water partition coefficient (Wildman–Crippen LogP) is 2.50. The average Bonchev–Trinajstić information content (AvgIpc) is 2.63. The maximum Gasteiger partial charge on any atom is 0.318 e. The second-order valence-electron chi connectivity index (χ2n) is 6.36. The van der Waals surface area contributed by atoms with Gasteiger partial charge >= 0.3 is 6.03 Å². The highest BCUT2D eigenvalue weighted by Gasteiger charge is 2.35. The smallest absolute Gasteiger partial charge is 0.318 e. The highest BCUT2D eigenvalue weighted by atomic mass is 16.5. The largest absolute Gasteiger partial charge is 0.494 e. The second-order valence-corrected chi connectivity index (χ2v) is 6.36. The van der Waals surface area contributed by atoms with Crippen LogP contribution >= 0.6 is 0 Å². The number of unbranched alkanes of at least 4 members (excludes halogenated alkanes) is 1. The Kier molecular flexibility index (Phi) is 7.57. The molecule has 3 amide bonds. The molecule has 1 aliphatic rings. The van der Waals surface area contributed by atoms with Crippen LogP contribution in [-0.4, -0.2) is 61.1 Å². The number of benzene rings is 1. The van der Waals surface area contributed by atoms with Crippen molar-refractivity contribution in [1.82, 2.24) is 15.1 Å². The second kappa shape index (κ2) is 9.91. The number of hydrogen-bond donors (Lipinski definition) is 1. The first-order valence-corrected chi connectivity index (χ1v) is 9.10. The van der Waals surface area contributed by atoms with Crippen LogP contribution in [0.15, 0.2) is 30.3 Å². The number of nitrogens with zero attached hydrogens (tertiary/aromatic N) is 2. The number of likely N-dealkylation sites (N-methyl/N-ethyl adjacent to an activating group) is 1. The molecule has 1 atom stereocenters. The Morgan fingerprint density at radius 1 is 1.24 bits per heavy atom. The van der Waals surface area contributed by atoms with Gasteiger partial charge in [0.05, 0.1) is 6.61 Å². The summed E-state index contributed by atoms with van der Waals surface area (Å²) in [7, 11) is 1.80. The van der Waals surface area contributed by atoms with E-state index in [1.165, 1.54) is 0 Å². The average molecular weight is 347 g/mol. The summed E-state index contributed by atoms with van der Waals surface area (Å²) in [4.78, 5) is 28.2. The Balaban J connectivity index is 1.75. The molecule has 1 heterocycles. The standard InChI is InChI=1S/C19H29N3O3/c1-3-4-11-17-18(23)21(2)13-14-22(17)19(24)20-12-8-15-25-16-9-6-5-7-10-16/h5-7,9-10,17H,3-4,8,11-15H2,1-2H3,(H,20,24)/t17-/m1/s1. The first kappa shape index (κ1) is 19.1. The van der Waals surface area contributed by atoms with E-state index < -0.39 is 0 Å². The van der Waals surface area contributed by atoms with E-state index in [-0.39, 0.29) is 18.0 Å². The number of nitrogens with one attached hydrogen (secondary N) is 1. The molecule has 2 rings (SSSR count). The van der Waals surface area contributed by atoms with Gasteiger partial charge in [0.1, 0.15) is 11.8 Å². The van der Waals surface area contributed by atoms with Crippen LogP contribution in [0, 0.1) is 0 Å². The molecule has 1 aliphatic heterocycles. The van der Waals surface area contributed by atoms with E-state index in [4.69, 9.17) is 4.74 Å². The van der Waals surface area contributed by atoms with Crippen LogP contribution in [0.1, 0.15) is 32.6 Å². The molecule has 0 radical (unpaired) electrons. The maximum atomic E-state index is 12.5. The van der Waals surface area contributed by atoms with Crippen LogP contribution in [-0.2, 0) is 4.79 Å². The predicted molar refractivity (Wildman–Crippen MR) is 97.6 cm³/mol. The van der Waals surface area contributed by atoms with Gasteiger partial charge in [-0.05, 0) is 25.0 Å². The van der Waals surface area contributed by atoms with Crippen molar-refractivity contribution in [3.05, 3.63) is 30.3 Å². The topological polar surface area (TPSA) is 61.9 Å². The Morgan fingerprint density at radius 3 is 2.72 bits per heavy atom. The quantitative estimate of drug-likeness (QED) is 0.735. The van der Waals surface area contributed by atoms with Crippen LogP contribution < -0.4 is 10.1 Å². The molecular formula is C19H29N3O3. The molecule has 0 unspecified atom stereocenters. The third kappa shape index (κ3) is 5.66. The third-order valence-corrected chi connectivity index (χ3v) is 4.42. The molecule has 0 aromatic heterocycles. The number of hydrogen-bond acceptors (Lipinski definition) is 3. The van der Waals surface area contributed by atoms with E-state index in [9.17, 15) is 9.59 Å². The molecule has 1 aromatic carbocycles. The van der Waals surface area contributed by atoms with Crippen molar-refractivity contribution in [2.75, 3.05) is 33.3 Å². The number of ether oxygens (including phenoxy) is 1. The lowest BCUT2D eigenvalue weighted by atomic mass is 10.0. The summed E-state index contributed by atoms with van der Waals surface area (Å²) in [6, 6.07) is 9.14. The molecule has 6 heteroatoms. The van der Waals surface area contributed by atoms with Crippen molar-refractivity contribution in [3.63, 3.8) is 0 Å². The maximum absolute atomic E-state index is 12.5. The van der Waals surface area contributed by atoms with Gasteiger partial charge in [-0.2, -0.15) is 0 Å². The highest BCUT2D eigenvalue weighted by molar-refractivity contribution is 5.88.